The number of ether oxygens (including phenoxy) is 1. The molecule has 2 aromatic rings. The maximum atomic E-state index is 13.4. The molecule has 8 heteroatoms. The first-order chi connectivity index (χ1) is 19.4. The first-order valence-electron chi connectivity index (χ1n) is 15.1. The number of hydrogen-bond donors (Lipinski definition) is 2. The van der Waals surface area contributed by atoms with Crippen molar-refractivity contribution in [3.05, 3.63) is 57.2 Å². The second-order valence-corrected chi connectivity index (χ2v) is 12.2. The Balaban J connectivity index is 1.60. The predicted molar refractivity (Wildman–Crippen MR) is 171 cm³/mol. The summed E-state index contributed by atoms with van der Waals surface area (Å²) >= 11 is 1.64. The first-order valence-corrected chi connectivity index (χ1v) is 15.9. The number of thiophene rings is 1. The van der Waals surface area contributed by atoms with Crippen molar-refractivity contribution in [2.75, 3.05) is 38.1 Å². The number of carbonyl (C=O) groups excluding carboxylic acids is 1. The van der Waals surface area contributed by atoms with Gasteiger partial charge < -0.3 is 0 Å². The maximum absolute atomic E-state index is 13.4. The molecule has 2 amide bonds. The summed E-state index contributed by atoms with van der Waals surface area (Å²) in [5.74, 6) is 0.593. The number of urea groups is 1. The number of allylic oxidation sites excluding steroid dienone is 1. The van der Waals surface area contributed by atoms with Crippen molar-refractivity contribution in [2.24, 2.45) is 5.92 Å². The van der Waals surface area contributed by atoms with E-state index in [4.69, 9.17) is 12.2 Å². The van der Waals surface area contributed by atoms with Crippen molar-refractivity contribution in [1.29, 1.82) is 0 Å². The monoisotopic (exact) mass is 561 g/mol. The molecule has 0 saturated carbocycles. The van der Waals surface area contributed by atoms with Gasteiger partial charge in [-0.15, -0.1) is 0 Å². The fraction of sp³-hybridized carbons (Fsp3) is 0.562. The number of rotatable bonds is 12. The van der Waals surface area contributed by atoms with Crippen molar-refractivity contribution < 1.29 is 9.53 Å². The van der Waals surface area contributed by atoms with Gasteiger partial charge in [0.1, 0.15) is 0 Å². The van der Waals surface area contributed by atoms with Crippen LogP contribution in [0.5, 0.6) is 0 Å². The molecule has 1 unspecified atom stereocenters. The summed E-state index contributed by atoms with van der Waals surface area (Å²) in [5.41, 5.74) is 7.83. The third-order valence-electron chi connectivity index (χ3n) is 8.30. The second-order valence-electron chi connectivity index (χ2n) is 11.1. The van der Waals surface area contributed by atoms with Gasteiger partial charge in [0.15, 0.2) is 0 Å². The number of nitrogens with one attached hydrogen (secondary N) is 2. The molecular weight excluding hydrogens is 515 g/mol. The molecule has 1 aliphatic heterocycles. The topological polar surface area (TPSA) is 58.5 Å². The first kappa shape index (κ1) is 30.4. The molecular formula is C32H46BN4O2S. The number of anilines is 1. The van der Waals surface area contributed by atoms with E-state index in [9.17, 15) is 4.79 Å². The fourth-order valence-electron chi connectivity index (χ4n) is 5.96. The zero-order chi connectivity index (χ0) is 28.6. The van der Waals surface area contributed by atoms with Crippen LogP contribution in [0.15, 0.2) is 41.2 Å². The van der Waals surface area contributed by atoms with Crippen LogP contribution in [0, 0.1) is 5.92 Å². The molecule has 1 aliphatic carbocycles. The molecule has 4 rings (SSSR count). The van der Waals surface area contributed by atoms with Crippen molar-refractivity contribution >= 4 is 41.2 Å². The summed E-state index contributed by atoms with van der Waals surface area (Å²) in [5, 5.41) is 7.14. The van der Waals surface area contributed by atoms with E-state index in [2.05, 4.69) is 60.2 Å². The predicted octanol–water partition coefficient (Wildman–Crippen LogP) is 6.62. The van der Waals surface area contributed by atoms with Gasteiger partial charge in [-0.05, 0) is 6.54 Å². The van der Waals surface area contributed by atoms with Crippen LogP contribution in [0.4, 0.5) is 9.80 Å². The minimum absolute atomic E-state index is 0.211. The Hall–Kier alpha value is -2.58. The van der Waals surface area contributed by atoms with Gasteiger partial charge in [0, 0.05) is 0 Å². The molecule has 6 nitrogen and oxygen atoms in total. The normalized spacial score (nSPS) is 18.2. The van der Waals surface area contributed by atoms with Crippen LogP contribution in [0.25, 0.3) is 5.70 Å². The third-order valence-corrected chi connectivity index (χ3v) is 9.51. The number of nitrogens with zero attached hydrogens (tertiary/aromatic N) is 2. The third kappa shape index (κ3) is 7.19. The van der Waals surface area contributed by atoms with Crippen molar-refractivity contribution in [3.63, 3.8) is 0 Å². The van der Waals surface area contributed by atoms with E-state index in [1.165, 1.54) is 40.0 Å². The summed E-state index contributed by atoms with van der Waals surface area (Å²) < 4.78 is 7.89. The summed E-state index contributed by atoms with van der Waals surface area (Å²) in [6, 6.07) is 3.89. The van der Waals surface area contributed by atoms with Gasteiger partial charge >= 0.3 is 220 Å². The Morgan fingerprint density at radius 2 is 1.98 bits per heavy atom. The number of aromatic nitrogens is 1. The van der Waals surface area contributed by atoms with Crippen molar-refractivity contribution in [1.82, 2.24) is 14.8 Å². The molecule has 40 heavy (non-hydrogen) atoms. The van der Waals surface area contributed by atoms with Gasteiger partial charge in [-0.3, -0.25) is 0 Å². The van der Waals surface area contributed by atoms with Crippen LogP contribution in [-0.2, 0) is 17.6 Å². The Bertz CT molecular complexity index is 1240. The average molecular weight is 562 g/mol. The fourth-order valence-corrected chi connectivity index (χ4v) is 7.21. The van der Waals surface area contributed by atoms with Crippen LogP contribution in [0.1, 0.15) is 82.7 Å². The van der Waals surface area contributed by atoms with Gasteiger partial charge in [-0.25, -0.2) is 0 Å². The number of aryl methyl sites for hydroxylation is 1. The number of fused-ring (bicyclic) bond motifs is 1. The Morgan fingerprint density at radius 3 is 2.67 bits per heavy atom. The Kier molecular flexibility index (Phi) is 10.9. The van der Waals surface area contributed by atoms with Crippen LogP contribution < -0.4 is 10.6 Å². The Morgan fingerprint density at radius 1 is 1.20 bits per heavy atom. The molecule has 0 bridgehead atoms. The van der Waals surface area contributed by atoms with Crippen molar-refractivity contribution in [2.45, 2.75) is 79.6 Å². The average Bonchev–Trinajstić information content (AvgIpc) is 3.60. The van der Waals surface area contributed by atoms with Gasteiger partial charge in [0.05, 0.1) is 0 Å². The molecule has 2 N–H and O–H groups in total. The molecule has 0 saturated heterocycles. The minimum atomic E-state index is -0.211. The molecule has 0 fully saturated rings. The summed E-state index contributed by atoms with van der Waals surface area (Å²) in [6.45, 7) is 14.9. The molecule has 1 atom stereocenters. The molecule has 215 valence electrons. The molecule has 0 spiro atoms. The Labute approximate surface area is 245 Å². The zero-order valence-electron chi connectivity index (χ0n) is 25.1. The summed E-state index contributed by atoms with van der Waals surface area (Å²) in [4.78, 5) is 17.2. The van der Waals surface area contributed by atoms with E-state index in [0.29, 0.717) is 24.7 Å². The van der Waals surface area contributed by atoms with E-state index in [0.717, 1.165) is 68.0 Å². The summed E-state index contributed by atoms with van der Waals surface area (Å²) in [7, 11) is 6.40. The molecule has 1 radical (unpaired) electrons. The van der Waals surface area contributed by atoms with Gasteiger partial charge in [-0.2, -0.15) is 0 Å². The standard InChI is InChI=1S/C32H46BN4O2S/c1-6-9-12-24-21-36(7-2)18-15-25(24)27(23(5)37-16-10-11-17-37)20-34-32(38)35-31-29(30(33)39-8-3)26-19-22(4)13-14-28(26)40-31/h10-11,16-17,22H,6-9,12-15,18-21H2,1-5H3,(H2,34,35,38)/b27-23+. The van der Waals surface area contributed by atoms with E-state index < -0.39 is 0 Å². The number of hydrogen-bond acceptors (Lipinski definition) is 4. The molecule has 0 aromatic carbocycles. The SMILES string of the molecule is [B]=C(OCC)c1c(NC(=O)NC/C(C2=C(CCCC)CN(CC)CC2)=C(/C)n2cccc2)sc2c1CC(C)CC2. The van der Waals surface area contributed by atoms with Crippen LogP contribution in [0.2, 0.25) is 0 Å². The number of unbranched alkanes of at least 4 members (excludes halogenated alkanes) is 1. The van der Waals surface area contributed by atoms with Crippen LogP contribution in [0.3, 0.4) is 0 Å². The van der Waals surface area contributed by atoms with Crippen molar-refractivity contribution in [3.8, 4) is 0 Å². The van der Waals surface area contributed by atoms with E-state index in [1.54, 1.807) is 11.3 Å². The number of amides is 2. The summed E-state index contributed by atoms with van der Waals surface area (Å²) in [6.07, 6.45) is 11.8. The second kappa shape index (κ2) is 14.4. The zero-order valence-corrected chi connectivity index (χ0v) is 25.9. The van der Waals surface area contributed by atoms with E-state index >= 15 is 0 Å². The van der Waals surface area contributed by atoms with Crippen LogP contribution >= 0.6 is 11.3 Å². The quantitative estimate of drug-likeness (QED) is 0.286. The van der Waals surface area contributed by atoms with Crippen LogP contribution in [-0.4, -0.2) is 61.4 Å². The number of carbonyl (C=O) groups is 1. The van der Waals surface area contributed by atoms with Gasteiger partial charge in [0.2, 0.25) is 0 Å². The molecule has 3 heterocycles. The molecule has 2 aromatic heterocycles. The van der Waals surface area contributed by atoms with E-state index in [1.807, 2.05) is 19.1 Å². The molecule has 2 aliphatic rings. The van der Waals surface area contributed by atoms with Gasteiger partial charge in [0.25, 0.3) is 0 Å². The van der Waals surface area contributed by atoms with Gasteiger partial charge in [-0.1, -0.05) is 20.3 Å². The number of likely N-dealkylation sites (N-methyl/N-ethyl adjacent to an activating group) is 1. The van der Waals surface area contributed by atoms with E-state index in [-0.39, 0.29) is 6.03 Å².